The van der Waals surface area contributed by atoms with Crippen LogP contribution in [0.15, 0.2) is 43.1 Å². The Hall–Kier alpha value is -3.88. The molecule has 2 aliphatic rings. The van der Waals surface area contributed by atoms with Crippen molar-refractivity contribution in [3.05, 3.63) is 54.2 Å². The number of fused-ring (bicyclic) bond motifs is 1. The molecule has 5 rings (SSSR count). The summed E-state index contributed by atoms with van der Waals surface area (Å²) in [7, 11) is 1.85. The number of nitrogens with zero attached hydrogens (tertiary/aromatic N) is 5. The van der Waals surface area contributed by atoms with Gasteiger partial charge in [-0.3, -0.25) is 24.4 Å². The van der Waals surface area contributed by atoms with E-state index >= 15 is 0 Å². The highest BCUT2D eigenvalue weighted by atomic mass is 16.2. The summed E-state index contributed by atoms with van der Waals surface area (Å²) >= 11 is 0. The molecule has 2 aliphatic heterocycles. The number of imide groups is 1. The highest BCUT2D eigenvalue weighted by molar-refractivity contribution is 6.05. The van der Waals surface area contributed by atoms with E-state index in [-0.39, 0.29) is 18.2 Å². The van der Waals surface area contributed by atoms with Crippen molar-refractivity contribution in [3.8, 4) is 22.4 Å². The first-order valence-corrected chi connectivity index (χ1v) is 9.58. The van der Waals surface area contributed by atoms with E-state index in [4.69, 9.17) is 0 Å². The van der Waals surface area contributed by atoms with Crippen LogP contribution >= 0.6 is 0 Å². The van der Waals surface area contributed by atoms with Crippen molar-refractivity contribution in [1.29, 1.82) is 0 Å². The van der Waals surface area contributed by atoms with E-state index in [1.165, 1.54) is 6.33 Å². The molecule has 4 heterocycles. The Labute approximate surface area is 171 Å². The summed E-state index contributed by atoms with van der Waals surface area (Å²) in [5.41, 5.74) is 4.97. The lowest BCUT2D eigenvalue weighted by Gasteiger charge is -2.29. The average molecular weight is 402 g/mol. The molecule has 0 saturated carbocycles. The number of aryl methyl sites for hydroxylation is 1. The topological polar surface area (TPSA) is 110 Å². The van der Waals surface area contributed by atoms with Crippen LogP contribution in [0.1, 0.15) is 28.8 Å². The Morgan fingerprint density at radius 3 is 2.60 bits per heavy atom. The minimum atomic E-state index is -0.624. The van der Waals surface area contributed by atoms with Crippen molar-refractivity contribution in [2.45, 2.75) is 25.4 Å². The van der Waals surface area contributed by atoms with Gasteiger partial charge in [0.1, 0.15) is 12.4 Å². The van der Waals surface area contributed by atoms with Crippen molar-refractivity contribution < 1.29 is 14.4 Å². The lowest BCUT2D eigenvalue weighted by atomic mass is 9.99. The van der Waals surface area contributed by atoms with Gasteiger partial charge in [0.2, 0.25) is 11.8 Å². The van der Waals surface area contributed by atoms with Gasteiger partial charge < -0.3 is 4.90 Å². The summed E-state index contributed by atoms with van der Waals surface area (Å²) in [6, 6.07) is 5.01. The van der Waals surface area contributed by atoms with Gasteiger partial charge in [0.05, 0.1) is 11.9 Å². The molecule has 0 unspecified atom stereocenters. The smallest absolute Gasteiger partial charge is 0.255 e. The third-order valence-electron chi connectivity index (χ3n) is 5.61. The molecule has 150 valence electrons. The van der Waals surface area contributed by atoms with Crippen molar-refractivity contribution in [1.82, 2.24) is 30.0 Å². The number of carbonyl (C=O) groups is 3. The zero-order chi connectivity index (χ0) is 20.8. The maximum absolute atomic E-state index is 12.9. The van der Waals surface area contributed by atoms with Crippen LogP contribution < -0.4 is 5.32 Å². The Bertz CT molecular complexity index is 1190. The summed E-state index contributed by atoms with van der Waals surface area (Å²) in [6.45, 7) is 0.332. The highest BCUT2D eigenvalue weighted by Gasteiger charge is 2.39. The molecule has 0 spiro atoms. The summed E-state index contributed by atoms with van der Waals surface area (Å²) in [5.74, 6) is -0.892. The molecule has 0 radical (unpaired) electrons. The van der Waals surface area contributed by atoms with E-state index in [1.54, 1.807) is 34.2 Å². The molecule has 1 fully saturated rings. The molecule has 30 heavy (non-hydrogen) atoms. The molecular formula is C21H18N6O3. The van der Waals surface area contributed by atoms with E-state index < -0.39 is 11.9 Å². The van der Waals surface area contributed by atoms with Crippen LogP contribution in [0, 0.1) is 0 Å². The van der Waals surface area contributed by atoms with E-state index in [0.29, 0.717) is 18.5 Å². The largest absolute Gasteiger partial charge is 0.322 e. The molecule has 3 amide bonds. The Morgan fingerprint density at radius 1 is 1.03 bits per heavy atom. The van der Waals surface area contributed by atoms with Crippen molar-refractivity contribution >= 4 is 17.7 Å². The number of piperidine rings is 1. The molecule has 1 N–H and O–H groups in total. The third-order valence-corrected chi connectivity index (χ3v) is 5.61. The highest BCUT2D eigenvalue weighted by Crippen LogP contribution is 2.35. The van der Waals surface area contributed by atoms with Crippen LogP contribution in [-0.4, -0.2) is 48.4 Å². The van der Waals surface area contributed by atoms with Crippen molar-refractivity contribution in [2.24, 2.45) is 7.05 Å². The molecule has 0 bridgehead atoms. The molecule has 9 nitrogen and oxygen atoms in total. The number of aromatic nitrogens is 4. The molecule has 1 aromatic carbocycles. The number of amides is 3. The van der Waals surface area contributed by atoms with Crippen molar-refractivity contribution in [2.75, 3.05) is 0 Å². The molecule has 9 heteroatoms. The first kappa shape index (κ1) is 18.2. The SMILES string of the molecule is Cn1ncc(-c2ccc3c(c2)CN([C@H]2CCC(=O)NC2=O)C3=O)c1-c1cncnc1. The molecule has 0 aliphatic carbocycles. The lowest BCUT2D eigenvalue weighted by molar-refractivity contribution is -0.136. The van der Waals surface area contributed by atoms with Crippen LogP contribution in [0.3, 0.4) is 0 Å². The van der Waals surface area contributed by atoms with Gasteiger partial charge in [0.15, 0.2) is 0 Å². The van der Waals surface area contributed by atoms with E-state index in [1.807, 2.05) is 19.2 Å². The van der Waals surface area contributed by atoms with Gasteiger partial charge in [0.25, 0.3) is 5.91 Å². The number of hydrogen-bond acceptors (Lipinski definition) is 6. The van der Waals surface area contributed by atoms with Gasteiger partial charge in [0, 0.05) is 49.1 Å². The quantitative estimate of drug-likeness (QED) is 0.662. The minimum absolute atomic E-state index is 0.186. The van der Waals surface area contributed by atoms with Crippen LogP contribution in [0.2, 0.25) is 0 Å². The van der Waals surface area contributed by atoms with Crippen LogP contribution in [0.25, 0.3) is 22.4 Å². The Kier molecular flexibility index (Phi) is 4.16. The third kappa shape index (κ3) is 2.86. The van der Waals surface area contributed by atoms with Gasteiger partial charge >= 0.3 is 0 Å². The van der Waals surface area contributed by atoms with Crippen molar-refractivity contribution in [3.63, 3.8) is 0 Å². The normalized spacial score (nSPS) is 18.5. The van der Waals surface area contributed by atoms with Gasteiger partial charge in [-0.25, -0.2) is 9.97 Å². The first-order chi connectivity index (χ1) is 14.5. The second kappa shape index (κ2) is 6.87. The lowest BCUT2D eigenvalue weighted by Crippen LogP contribution is -2.52. The Balaban J connectivity index is 1.49. The number of nitrogens with one attached hydrogen (secondary N) is 1. The fraction of sp³-hybridized carbons (Fsp3) is 0.238. The monoisotopic (exact) mass is 402 g/mol. The molecular weight excluding hydrogens is 384 g/mol. The number of benzene rings is 1. The van der Waals surface area contributed by atoms with E-state index in [9.17, 15) is 14.4 Å². The number of rotatable bonds is 3. The van der Waals surface area contributed by atoms with Gasteiger partial charge in [-0.2, -0.15) is 5.10 Å². The van der Waals surface area contributed by atoms with Gasteiger partial charge in [-0.05, 0) is 29.7 Å². The molecule has 1 saturated heterocycles. The molecule has 1 atom stereocenters. The summed E-state index contributed by atoms with van der Waals surface area (Å²) < 4.78 is 1.77. The fourth-order valence-electron chi connectivity index (χ4n) is 4.15. The first-order valence-electron chi connectivity index (χ1n) is 9.58. The van der Waals surface area contributed by atoms with E-state index in [0.717, 1.165) is 27.9 Å². The van der Waals surface area contributed by atoms with E-state index in [2.05, 4.69) is 20.4 Å². The standard InChI is InChI=1S/C21H18N6O3/c1-26-19(14-7-22-11-23-8-14)16(9-24-26)12-2-3-15-13(6-12)10-27(21(15)30)17-4-5-18(28)25-20(17)29/h2-3,6-9,11,17H,4-5,10H2,1H3,(H,25,28,29)/t17-/m0/s1. The molecule has 2 aromatic heterocycles. The number of carbonyl (C=O) groups excluding carboxylic acids is 3. The minimum Gasteiger partial charge on any atom is -0.322 e. The van der Waals surface area contributed by atoms with Gasteiger partial charge in [-0.1, -0.05) is 6.07 Å². The van der Waals surface area contributed by atoms with Crippen LogP contribution in [0.5, 0.6) is 0 Å². The van der Waals surface area contributed by atoms with Crippen LogP contribution in [-0.2, 0) is 23.2 Å². The zero-order valence-electron chi connectivity index (χ0n) is 16.2. The van der Waals surface area contributed by atoms with Gasteiger partial charge in [-0.15, -0.1) is 0 Å². The fourth-order valence-corrected chi connectivity index (χ4v) is 4.15. The predicted molar refractivity (Wildman–Crippen MR) is 106 cm³/mol. The predicted octanol–water partition coefficient (Wildman–Crippen LogP) is 1.31. The van der Waals surface area contributed by atoms with Crippen LogP contribution in [0.4, 0.5) is 0 Å². The summed E-state index contributed by atoms with van der Waals surface area (Å²) in [4.78, 5) is 46.3. The zero-order valence-corrected chi connectivity index (χ0v) is 16.2. The summed E-state index contributed by atoms with van der Waals surface area (Å²) in [6.07, 6.45) is 7.30. The second-order valence-corrected chi connectivity index (χ2v) is 7.43. The average Bonchev–Trinajstić information content (AvgIpc) is 3.28. The maximum atomic E-state index is 12.9. The Morgan fingerprint density at radius 2 is 1.83 bits per heavy atom. The molecule has 3 aromatic rings. The second-order valence-electron chi connectivity index (χ2n) is 7.43. The summed E-state index contributed by atoms with van der Waals surface area (Å²) in [5, 5.41) is 6.71. The number of hydrogen-bond donors (Lipinski definition) is 1. The maximum Gasteiger partial charge on any atom is 0.255 e.